The third-order valence-electron chi connectivity index (χ3n) is 6.89. The summed E-state index contributed by atoms with van der Waals surface area (Å²) in [6, 6.07) is 25.5. The van der Waals surface area contributed by atoms with E-state index in [9.17, 15) is 14.7 Å². The minimum absolute atomic E-state index is 0.310. The van der Waals surface area contributed by atoms with Gasteiger partial charge in [-0.1, -0.05) is 71.9 Å². The monoisotopic (exact) mass is 511 g/mol. The summed E-state index contributed by atoms with van der Waals surface area (Å²) in [4.78, 5) is 26.0. The zero-order valence-corrected chi connectivity index (χ0v) is 21.3. The van der Waals surface area contributed by atoms with Crippen molar-refractivity contribution in [2.75, 3.05) is 23.3 Å². The number of aryl methyl sites for hydroxylation is 1. The highest BCUT2D eigenvalue weighted by molar-refractivity contribution is 5.91. The minimum atomic E-state index is -0.733. The number of aromatic nitrogens is 1. The van der Waals surface area contributed by atoms with Crippen molar-refractivity contribution in [3.8, 4) is 22.5 Å². The van der Waals surface area contributed by atoms with Gasteiger partial charge >= 0.3 is 12.1 Å². The first-order valence-corrected chi connectivity index (χ1v) is 12.6. The van der Waals surface area contributed by atoms with Gasteiger partial charge in [0.05, 0.1) is 5.92 Å². The van der Waals surface area contributed by atoms with E-state index in [0.717, 1.165) is 34.5 Å². The molecule has 0 aliphatic carbocycles. The van der Waals surface area contributed by atoms with Gasteiger partial charge in [-0.05, 0) is 49.1 Å². The second-order valence-electron chi connectivity index (χ2n) is 9.45. The summed E-state index contributed by atoms with van der Waals surface area (Å²) in [5.74, 6) is -0.589. The quantitative estimate of drug-likeness (QED) is 0.290. The first-order chi connectivity index (χ1) is 18.4. The first-order valence-electron chi connectivity index (χ1n) is 12.6. The zero-order chi connectivity index (χ0) is 26.6. The number of ether oxygens (including phenoxy) is 1. The number of carbonyl (C=O) groups is 2. The number of nitrogens with zero attached hydrogens (tertiary/aromatic N) is 2. The van der Waals surface area contributed by atoms with E-state index in [1.54, 1.807) is 6.92 Å². The van der Waals surface area contributed by atoms with E-state index in [1.807, 2.05) is 85.8 Å². The third-order valence-corrected chi connectivity index (χ3v) is 6.89. The molecule has 1 fully saturated rings. The fourth-order valence-corrected chi connectivity index (χ4v) is 4.67. The van der Waals surface area contributed by atoms with Gasteiger partial charge in [-0.3, -0.25) is 10.1 Å². The number of hydrogen-bond donors (Lipinski definition) is 2. The number of amides is 1. The molecule has 1 amide bonds. The van der Waals surface area contributed by atoms with Gasteiger partial charge < -0.3 is 19.3 Å². The number of aliphatic carboxylic acids is 1. The molecule has 4 aromatic rings. The summed E-state index contributed by atoms with van der Waals surface area (Å²) in [5, 5.41) is 16.1. The van der Waals surface area contributed by atoms with E-state index in [1.165, 1.54) is 0 Å². The van der Waals surface area contributed by atoms with E-state index in [4.69, 9.17) is 9.26 Å². The summed E-state index contributed by atoms with van der Waals surface area (Å²) in [5.41, 5.74) is 5.78. The Labute approximate surface area is 220 Å². The molecular formula is C30H29N3O5. The molecule has 5 rings (SSSR count). The van der Waals surface area contributed by atoms with Gasteiger partial charge in [0.25, 0.3) is 0 Å². The summed E-state index contributed by atoms with van der Waals surface area (Å²) in [6.45, 7) is 4.86. The topological polar surface area (TPSA) is 105 Å². The van der Waals surface area contributed by atoms with Crippen molar-refractivity contribution in [3.63, 3.8) is 0 Å². The molecule has 2 N–H and O–H groups in total. The molecular weight excluding hydrogens is 482 g/mol. The maximum Gasteiger partial charge on any atom is 0.412 e. The predicted molar refractivity (Wildman–Crippen MR) is 145 cm³/mol. The van der Waals surface area contributed by atoms with Crippen LogP contribution in [0.25, 0.3) is 22.5 Å². The molecule has 1 aliphatic heterocycles. The van der Waals surface area contributed by atoms with Crippen molar-refractivity contribution in [2.24, 2.45) is 5.92 Å². The Morgan fingerprint density at radius 3 is 2.26 bits per heavy atom. The lowest BCUT2D eigenvalue weighted by atomic mass is 10.0. The Hall–Kier alpha value is -4.59. The highest BCUT2D eigenvalue weighted by Crippen LogP contribution is 2.33. The van der Waals surface area contributed by atoms with Crippen LogP contribution in [0.1, 0.15) is 30.7 Å². The predicted octanol–water partition coefficient (Wildman–Crippen LogP) is 6.54. The van der Waals surface area contributed by atoms with Crippen LogP contribution in [0.4, 0.5) is 16.2 Å². The number of benzene rings is 3. The van der Waals surface area contributed by atoms with Gasteiger partial charge in [0.2, 0.25) is 0 Å². The first kappa shape index (κ1) is 25.1. The molecule has 0 bridgehead atoms. The summed E-state index contributed by atoms with van der Waals surface area (Å²) in [7, 11) is 0. The molecule has 2 heterocycles. The van der Waals surface area contributed by atoms with Crippen LogP contribution in [0.2, 0.25) is 0 Å². The van der Waals surface area contributed by atoms with E-state index < -0.39 is 18.2 Å². The molecule has 8 heteroatoms. The lowest BCUT2D eigenvalue weighted by Gasteiger charge is -2.18. The second kappa shape index (κ2) is 10.8. The molecule has 0 saturated carbocycles. The van der Waals surface area contributed by atoms with Crippen LogP contribution < -0.4 is 10.2 Å². The standard InChI is InChI=1S/C30H29N3O5/c1-19-27(31-30(36)37-20(2)21-6-4-3-5-7-21)28(38-32-19)24-10-8-22(9-11-24)23-12-14-26(15-13-23)33-17-16-25(18-33)29(34)35/h3-15,20,25H,16-18H2,1-2H3,(H,31,36)(H,34,35)/t20-,25+/m1/s1. The van der Waals surface area contributed by atoms with E-state index in [2.05, 4.69) is 15.4 Å². The second-order valence-corrected chi connectivity index (χ2v) is 9.45. The average Bonchev–Trinajstić information content (AvgIpc) is 3.57. The van der Waals surface area contributed by atoms with E-state index >= 15 is 0 Å². The van der Waals surface area contributed by atoms with Crippen LogP contribution >= 0.6 is 0 Å². The highest BCUT2D eigenvalue weighted by atomic mass is 16.6. The summed E-state index contributed by atoms with van der Waals surface area (Å²) in [6.07, 6.45) is -0.326. The lowest BCUT2D eigenvalue weighted by molar-refractivity contribution is -0.140. The average molecular weight is 512 g/mol. The van der Waals surface area contributed by atoms with Crippen molar-refractivity contribution >= 4 is 23.4 Å². The van der Waals surface area contributed by atoms with Crippen LogP contribution in [-0.4, -0.2) is 35.4 Å². The zero-order valence-electron chi connectivity index (χ0n) is 21.3. The number of hydrogen-bond acceptors (Lipinski definition) is 6. The fourth-order valence-electron chi connectivity index (χ4n) is 4.67. The molecule has 1 aromatic heterocycles. The Kier molecular flexibility index (Phi) is 7.13. The maximum atomic E-state index is 12.6. The normalized spacial score (nSPS) is 15.7. The van der Waals surface area contributed by atoms with Crippen molar-refractivity contribution in [3.05, 3.63) is 90.1 Å². The minimum Gasteiger partial charge on any atom is -0.481 e. The van der Waals surface area contributed by atoms with Gasteiger partial charge in [0.15, 0.2) is 5.76 Å². The highest BCUT2D eigenvalue weighted by Gasteiger charge is 2.28. The van der Waals surface area contributed by atoms with Crippen LogP contribution in [0.15, 0.2) is 83.4 Å². The van der Waals surface area contributed by atoms with Crippen molar-refractivity contribution in [2.45, 2.75) is 26.4 Å². The van der Waals surface area contributed by atoms with E-state index in [-0.39, 0.29) is 5.92 Å². The molecule has 0 spiro atoms. The lowest BCUT2D eigenvalue weighted by Crippen LogP contribution is -2.22. The van der Waals surface area contributed by atoms with Gasteiger partial charge in [-0.15, -0.1) is 0 Å². The molecule has 38 heavy (non-hydrogen) atoms. The van der Waals surface area contributed by atoms with Gasteiger partial charge in [-0.25, -0.2) is 4.79 Å². The van der Waals surface area contributed by atoms with Crippen molar-refractivity contribution < 1.29 is 24.0 Å². The fraction of sp³-hybridized carbons (Fsp3) is 0.233. The summed E-state index contributed by atoms with van der Waals surface area (Å²) < 4.78 is 11.1. The summed E-state index contributed by atoms with van der Waals surface area (Å²) >= 11 is 0. The Balaban J connectivity index is 1.26. The van der Waals surface area contributed by atoms with Gasteiger partial charge in [0, 0.05) is 24.3 Å². The number of anilines is 2. The number of carboxylic acids is 1. The SMILES string of the molecule is Cc1noc(-c2ccc(-c3ccc(N4CC[C@H](C(=O)O)C4)cc3)cc2)c1NC(=O)O[C@H](C)c1ccccc1. The molecule has 2 atom stereocenters. The smallest absolute Gasteiger partial charge is 0.412 e. The number of nitrogens with one attached hydrogen (secondary N) is 1. The Morgan fingerprint density at radius 1 is 1.00 bits per heavy atom. The largest absolute Gasteiger partial charge is 0.481 e. The van der Waals surface area contributed by atoms with Gasteiger partial charge in [0.1, 0.15) is 17.5 Å². The van der Waals surface area contributed by atoms with Gasteiger partial charge in [-0.2, -0.15) is 0 Å². The molecule has 0 unspecified atom stereocenters. The molecule has 8 nitrogen and oxygen atoms in total. The van der Waals surface area contributed by atoms with Crippen molar-refractivity contribution in [1.82, 2.24) is 5.16 Å². The van der Waals surface area contributed by atoms with Crippen LogP contribution in [0.3, 0.4) is 0 Å². The Morgan fingerprint density at radius 2 is 1.63 bits per heavy atom. The van der Waals surface area contributed by atoms with Crippen LogP contribution in [0, 0.1) is 12.8 Å². The molecule has 194 valence electrons. The van der Waals surface area contributed by atoms with Crippen molar-refractivity contribution in [1.29, 1.82) is 0 Å². The van der Waals surface area contributed by atoms with E-state index in [0.29, 0.717) is 30.1 Å². The molecule has 1 aliphatic rings. The number of carboxylic acid groups (broad SMARTS) is 1. The molecule has 3 aromatic carbocycles. The molecule has 0 radical (unpaired) electrons. The maximum absolute atomic E-state index is 12.6. The number of rotatable bonds is 7. The Bertz CT molecular complexity index is 1410. The van der Waals surface area contributed by atoms with Crippen LogP contribution in [-0.2, 0) is 9.53 Å². The van der Waals surface area contributed by atoms with Crippen LogP contribution in [0.5, 0.6) is 0 Å². The number of carbonyl (C=O) groups excluding carboxylic acids is 1. The third kappa shape index (κ3) is 5.39. The molecule has 1 saturated heterocycles.